The standard InChI is InChI=1S/C21H32O5/c1-14-7-6-11-21(4)18(26-21)13-16(15(2)19(23)25-5)10-12-20(3,24)17(22)9-8-14/h7,16,18,24H,2,6,8-13H2,1,3-5H3/b14-7+/t16?,18-,20-,21+/m1/s1. The zero-order valence-electron chi connectivity index (χ0n) is 16.5. The largest absolute Gasteiger partial charge is 0.466 e. The van der Waals surface area contributed by atoms with Crippen LogP contribution in [0.15, 0.2) is 23.8 Å². The molecule has 0 radical (unpaired) electrons. The maximum absolute atomic E-state index is 12.4. The van der Waals surface area contributed by atoms with Crippen molar-refractivity contribution in [1.82, 2.24) is 0 Å². The van der Waals surface area contributed by atoms with Crippen LogP contribution in [0.1, 0.15) is 65.7 Å². The monoisotopic (exact) mass is 364 g/mol. The lowest BCUT2D eigenvalue weighted by atomic mass is 9.82. The molecule has 0 aromatic carbocycles. The summed E-state index contributed by atoms with van der Waals surface area (Å²) in [6.45, 7) is 9.59. The van der Waals surface area contributed by atoms with Crippen LogP contribution in [-0.4, -0.2) is 41.3 Å². The molecule has 1 fully saturated rings. The second-order valence-corrected chi connectivity index (χ2v) is 8.19. The van der Waals surface area contributed by atoms with E-state index in [0.29, 0.717) is 37.7 Å². The molecule has 1 aliphatic heterocycles. The molecule has 26 heavy (non-hydrogen) atoms. The highest BCUT2D eigenvalue weighted by molar-refractivity contribution is 5.88. The van der Waals surface area contributed by atoms with Crippen molar-refractivity contribution in [1.29, 1.82) is 0 Å². The first-order valence-electron chi connectivity index (χ1n) is 9.45. The summed E-state index contributed by atoms with van der Waals surface area (Å²) < 4.78 is 10.7. The van der Waals surface area contributed by atoms with Crippen LogP contribution in [-0.2, 0) is 19.1 Å². The molecule has 0 spiro atoms. The number of Topliss-reactive ketones (excluding diaryl/α,β-unsaturated/α-hetero) is 1. The van der Waals surface area contributed by atoms with E-state index in [0.717, 1.165) is 12.8 Å². The van der Waals surface area contributed by atoms with Crippen LogP contribution in [0.4, 0.5) is 0 Å². The lowest BCUT2D eigenvalue weighted by molar-refractivity contribution is -0.137. The Kier molecular flexibility index (Phi) is 6.46. The zero-order chi connectivity index (χ0) is 19.5. The number of aliphatic hydroxyl groups is 1. The van der Waals surface area contributed by atoms with E-state index in [1.807, 2.05) is 6.92 Å². The highest BCUT2D eigenvalue weighted by Gasteiger charge is 2.52. The van der Waals surface area contributed by atoms with Gasteiger partial charge in [-0.25, -0.2) is 4.79 Å². The molecule has 1 unspecified atom stereocenters. The van der Waals surface area contributed by atoms with Crippen molar-refractivity contribution in [3.05, 3.63) is 23.8 Å². The summed E-state index contributed by atoms with van der Waals surface area (Å²) in [6, 6.07) is 0. The highest BCUT2D eigenvalue weighted by Crippen LogP contribution is 2.46. The molecule has 0 aromatic rings. The van der Waals surface area contributed by atoms with Gasteiger partial charge in [-0.3, -0.25) is 4.79 Å². The molecule has 1 heterocycles. The smallest absolute Gasteiger partial charge is 0.333 e. The average Bonchev–Trinajstić information content (AvgIpc) is 3.23. The van der Waals surface area contributed by atoms with Gasteiger partial charge in [0.15, 0.2) is 5.78 Å². The molecule has 5 nitrogen and oxygen atoms in total. The average molecular weight is 364 g/mol. The summed E-state index contributed by atoms with van der Waals surface area (Å²) in [5, 5.41) is 10.6. The second kappa shape index (κ2) is 8.05. The number of hydrogen-bond acceptors (Lipinski definition) is 5. The predicted molar refractivity (Wildman–Crippen MR) is 99.6 cm³/mol. The molecule has 1 N–H and O–H groups in total. The van der Waals surface area contributed by atoms with E-state index < -0.39 is 11.6 Å². The Balaban J connectivity index is 2.19. The first kappa shape index (κ1) is 20.8. The second-order valence-electron chi connectivity index (χ2n) is 8.19. The van der Waals surface area contributed by atoms with Gasteiger partial charge in [-0.2, -0.15) is 0 Å². The maximum atomic E-state index is 12.4. The van der Waals surface area contributed by atoms with E-state index >= 15 is 0 Å². The van der Waals surface area contributed by atoms with Crippen LogP contribution in [0, 0.1) is 5.92 Å². The SMILES string of the molecule is C=C(C(=O)OC)C1CC[C@@](C)(O)C(=O)CC/C(C)=C/CC[C@]2(C)O[C@@H]2C1. The topological polar surface area (TPSA) is 76.1 Å². The molecule has 2 rings (SSSR count). The van der Waals surface area contributed by atoms with Crippen LogP contribution in [0.25, 0.3) is 0 Å². The Morgan fingerprint density at radius 1 is 1.35 bits per heavy atom. The molecule has 0 bridgehead atoms. The number of carbonyl (C=O) groups is 2. The number of ketones is 1. The molecule has 5 heteroatoms. The van der Waals surface area contributed by atoms with Crippen LogP contribution in [0.5, 0.6) is 0 Å². The van der Waals surface area contributed by atoms with Crippen molar-refractivity contribution in [2.24, 2.45) is 5.92 Å². The van der Waals surface area contributed by atoms with Crippen molar-refractivity contribution in [2.45, 2.75) is 83.0 Å². The van der Waals surface area contributed by atoms with Crippen LogP contribution in [0.2, 0.25) is 0 Å². The molecule has 1 aliphatic carbocycles. The minimum Gasteiger partial charge on any atom is -0.466 e. The molecular weight excluding hydrogens is 332 g/mol. The Labute approximate surface area is 156 Å². The van der Waals surface area contributed by atoms with Gasteiger partial charge in [-0.1, -0.05) is 18.2 Å². The summed E-state index contributed by atoms with van der Waals surface area (Å²) >= 11 is 0. The molecule has 2 aliphatic rings. The van der Waals surface area contributed by atoms with E-state index in [4.69, 9.17) is 9.47 Å². The molecular formula is C21H32O5. The van der Waals surface area contributed by atoms with E-state index in [2.05, 4.69) is 19.6 Å². The molecule has 1 saturated heterocycles. The fraction of sp³-hybridized carbons (Fsp3) is 0.714. The van der Waals surface area contributed by atoms with Crippen molar-refractivity contribution in [3.8, 4) is 0 Å². The minimum absolute atomic E-state index is 0.0613. The number of hydrogen-bond donors (Lipinski definition) is 1. The van der Waals surface area contributed by atoms with Gasteiger partial charge >= 0.3 is 5.97 Å². The minimum atomic E-state index is -1.40. The third-order valence-electron chi connectivity index (χ3n) is 5.93. The molecule has 0 aromatic heterocycles. The zero-order valence-corrected chi connectivity index (χ0v) is 16.5. The van der Waals surface area contributed by atoms with E-state index in [1.165, 1.54) is 12.7 Å². The number of epoxide rings is 1. The fourth-order valence-corrected chi connectivity index (χ4v) is 3.68. The van der Waals surface area contributed by atoms with Crippen molar-refractivity contribution >= 4 is 11.8 Å². The lowest BCUT2D eigenvalue weighted by Gasteiger charge is -2.26. The molecule has 0 amide bonds. The van der Waals surface area contributed by atoms with E-state index in [9.17, 15) is 14.7 Å². The third kappa shape index (κ3) is 5.04. The summed E-state index contributed by atoms with van der Waals surface area (Å²) in [7, 11) is 1.34. The van der Waals surface area contributed by atoms with Crippen LogP contribution >= 0.6 is 0 Å². The van der Waals surface area contributed by atoms with E-state index in [1.54, 1.807) is 6.92 Å². The summed E-state index contributed by atoms with van der Waals surface area (Å²) in [5.41, 5.74) is -0.0129. The quantitative estimate of drug-likeness (QED) is 0.351. The van der Waals surface area contributed by atoms with Crippen molar-refractivity contribution in [2.75, 3.05) is 7.11 Å². The lowest BCUT2D eigenvalue weighted by Crippen LogP contribution is -2.36. The number of rotatable bonds is 2. The molecule has 0 saturated carbocycles. The fourth-order valence-electron chi connectivity index (χ4n) is 3.68. The van der Waals surface area contributed by atoms with Gasteiger partial charge in [0.2, 0.25) is 0 Å². The summed E-state index contributed by atoms with van der Waals surface area (Å²) in [6.07, 6.45) is 6.45. The number of ether oxygens (including phenoxy) is 2. The summed E-state index contributed by atoms with van der Waals surface area (Å²) in [4.78, 5) is 24.4. The van der Waals surface area contributed by atoms with Gasteiger partial charge in [-0.15, -0.1) is 0 Å². The Morgan fingerprint density at radius 3 is 2.69 bits per heavy atom. The first-order chi connectivity index (χ1) is 12.1. The predicted octanol–water partition coefficient (Wildman–Crippen LogP) is 3.50. The van der Waals surface area contributed by atoms with Gasteiger partial charge in [-0.05, 0) is 65.2 Å². The highest BCUT2D eigenvalue weighted by atomic mass is 16.6. The van der Waals surface area contributed by atoms with Crippen molar-refractivity contribution in [3.63, 3.8) is 0 Å². The normalized spacial score (nSPS) is 38.3. The Hall–Kier alpha value is -1.46. The van der Waals surface area contributed by atoms with Gasteiger partial charge in [0, 0.05) is 12.0 Å². The first-order valence-corrected chi connectivity index (χ1v) is 9.45. The van der Waals surface area contributed by atoms with Crippen LogP contribution < -0.4 is 0 Å². The van der Waals surface area contributed by atoms with Gasteiger partial charge in [0.25, 0.3) is 0 Å². The number of allylic oxidation sites excluding steroid dienone is 2. The number of carbonyl (C=O) groups excluding carboxylic acids is 2. The van der Waals surface area contributed by atoms with Gasteiger partial charge in [0.1, 0.15) is 5.60 Å². The molecule has 146 valence electrons. The third-order valence-corrected chi connectivity index (χ3v) is 5.93. The maximum Gasteiger partial charge on any atom is 0.333 e. The molecule has 4 atom stereocenters. The van der Waals surface area contributed by atoms with Gasteiger partial charge < -0.3 is 14.6 Å². The van der Waals surface area contributed by atoms with Crippen molar-refractivity contribution < 1.29 is 24.2 Å². The van der Waals surface area contributed by atoms with Gasteiger partial charge in [0.05, 0.1) is 18.8 Å². The van der Waals surface area contributed by atoms with Crippen LogP contribution in [0.3, 0.4) is 0 Å². The number of esters is 1. The Morgan fingerprint density at radius 2 is 2.04 bits per heavy atom. The Bertz CT molecular complexity index is 604. The summed E-state index contributed by atoms with van der Waals surface area (Å²) in [5.74, 6) is -0.769. The number of methoxy groups -OCH3 is 1. The number of fused-ring (bicyclic) bond motifs is 1. The van der Waals surface area contributed by atoms with E-state index in [-0.39, 0.29) is 23.4 Å².